The predicted octanol–water partition coefficient (Wildman–Crippen LogP) is 9.31. The molecule has 4 atom stereocenters. The zero-order chi connectivity index (χ0) is 30.1. The van der Waals surface area contributed by atoms with Crippen molar-refractivity contribution in [2.45, 2.75) is 155 Å². The van der Waals surface area contributed by atoms with Crippen LogP contribution in [0.25, 0.3) is 0 Å². The molecule has 0 aliphatic heterocycles. The van der Waals surface area contributed by atoms with Crippen molar-refractivity contribution in [3.05, 3.63) is 24.3 Å². The lowest BCUT2D eigenvalue weighted by Gasteiger charge is -2.40. The zero-order valence-electron chi connectivity index (χ0n) is 27.1. The van der Waals surface area contributed by atoms with E-state index >= 15 is 0 Å². The van der Waals surface area contributed by atoms with Crippen molar-refractivity contribution < 1.29 is 23.5 Å². The maximum absolute atomic E-state index is 13.3. The number of allylic oxidation sites excluding steroid dienone is 2. The van der Waals surface area contributed by atoms with E-state index in [2.05, 4.69) is 92.9 Å². The lowest BCUT2D eigenvalue weighted by molar-refractivity contribution is -0.137. The van der Waals surface area contributed by atoms with Crippen molar-refractivity contribution in [3.63, 3.8) is 0 Å². The lowest BCUT2D eigenvalue weighted by atomic mass is 9.90. The van der Waals surface area contributed by atoms with Gasteiger partial charge in [0.05, 0.1) is 12.2 Å². The summed E-state index contributed by atoms with van der Waals surface area (Å²) in [5, 5.41) is 9.09. The summed E-state index contributed by atoms with van der Waals surface area (Å²) in [5.74, 6) is -0.585. The van der Waals surface area contributed by atoms with Crippen LogP contribution in [0.3, 0.4) is 0 Å². The third-order valence-corrected chi connectivity index (χ3v) is 18.2. The highest BCUT2D eigenvalue weighted by Crippen LogP contribution is 2.43. The number of Topliss-reactive ketones (excluding diaryl/α,β-unsaturated/α-hetero) is 1. The monoisotopic (exact) mass is 580 g/mol. The van der Waals surface area contributed by atoms with Gasteiger partial charge < -0.3 is 14.0 Å². The summed E-state index contributed by atoms with van der Waals surface area (Å²) in [4.78, 5) is 24.1. The van der Waals surface area contributed by atoms with Crippen molar-refractivity contribution in [1.29, 1.82) is 0 Å². The summed E-state index contributed by atoms with van der Waals surface area (Å²) < 4.78 is 13.8. The third kappa shape index (κ3) is 11.8. The van der Waals surface area contributed by atoms with Gasteiger partial charge in [0.25, 0.3) is 0 Å². The zero-order valence-corrected chi connectivity index (χ0v) is 29.1. The van der Waals surface area contributed by atoms with Crippen LogP contribution >= 0.6 is 0 Å². The Morgan fingerprint density at radius 3 is 2.15 bits per heavy atom. The molecule has 0 aromatic rings. The summed E-state index contributed by atoms with van der Waals surface area (Å²) in [5.41, 5.74) is 0. The van der Waals surface area contributed by atoms with E-state index in [0.717, 1.165) is 19.3 Å². The average molecular weight is 581 g/mol. The van der Waals surface area contributed by atoms with E-state index in [1.54, 1.807) is 0 Å². The second-order valence-corrected chi connectivity index (χ2v) is 24.1. The fourth-order valence-electron chi connectivity index (χ4n) is 4.51. The van der Waals surface area contributed by atoms with Gasteiger partial charge in [-0.25, -0.2) is 0 Å². The molecule has 39 heavy (non-hydrogen) atoms. The fourth-order valence-corrected chi connectivity index (χ4v) is 7.17. The van der Waals surface area contributed by atoms with E-state index in [1.165, 1.54) is 12.8 Å². The number of carboxylic acid groups (broad SMARTS) is 1. The highest BCUT2D eigenvalue weighted by atomic mass is 28.4. The molecule has 226 valence electrons. The first-order valence-corrected chi connectivity index (χ1v) is 21.1. The van der Waals surface area contributed by atoms with Crippen LogP contribution in [0, 0.1) is 11.8 Å². The Kier molecular flexibility index (Phi) is 14.1. The minimum absolute atomic E-state index is 0.0204. The molecule has 1 aliphatic carbocycles. The maximum Gasteiger partial charge on any atom is 0.303 e. The summed E-state index contributed by atoms with van der Waals surface area (Å²) in [6.45, 7) is 25.0. The highest BCUT2D eigenvalue weighted by Gasteiger charge is 2.47. The van der Waals surface area contributed by atoms with Crippen molar-refractivity contribution in [2.24, 2.45) is 11.8 Å². The van der Waals surface area contributed by atoms with Gasteiger partial charge in [-0.2, -0.15) is 0 Å². The first-order valence-electron chi connectivity index (χ1n) is 15.3. The smallest absolute Gasteiger partial charge is 0.303 e. The Labute approximate surface area is 242 Å². The maximum atomic E-state index is 13.3. The van der Waals surface area contributed by atoms with Gasteiger partial charge in [0.1, 0.15) is 5.78 Å². The second kappa shape index (κ2) is 15.3. The number of carbonyl (C=O) groups is 2. The molecule has 1 aliphatic rings. The molecule has 0 aromatic heterocycles. The molecule has 0 heterocycles. The van der Waals surface area contributed by atoms with Gasteiger partial charge in [0, 0.05) is 24.7 Å². The van der Waals surface area contributed by atoms with Gasteiger partial charge in [0.15, 0.2) is 16.6 Å². The summed E-state index contributed by atoms with van der Waals surface area (Å²) in [6.07, 6.45) is 15.7. The second-order valence-electron chi connectivity index (χ2n) is 14.6. The molecule has 7 heteroatoms. The van der Waals surface area contributed by atoms with E-state index in [4.69, 9.17) is 14.0 Å². The van der Waals surface area contributed by atoms with Crippen LogP contribution in [0.1, 0.15) is 106 Å². The van der Waals surface area contributed by atoms with Crippen LogP contribution in [-0.2, 0) is 18.4 Å². The molecular weight excluding hydrogens is 521 g/mol. The summed E-state index contributed by atoms with van der Waals surface area (Å²) >= 11 is 0. The molecular formula is C32H60O5Si2. The molecule has 0 amide bonds. The summed E-state index contributed by atoms with van der Waals surface area (Å²) in [7, 11) is -4.01. The predicted molar refractivity (Wildman–Crippen MR) is 169 cm³/mol. The van der Waals surface area contributed by atoms with E-state index in [0.29, 0.717) is 19.3 Å². The third-order valence-electron chi connectivity index (χ3n) is 9.17. The van der Waals surface area contributed by atoms with E-state index < -0.39 is 22.6 Å². The van der Waals surface area contributed by atoms with Crippen molar-refractivity contribution in [3.8, 4) is 0 Å². The number of unbranched alkanes of at least 4 members (excludes halogenated alkanes) is 3. The molecule has 1 N–H and O–H groups in total. The molecule has 1 saturated carbocycles. The number of aliphatic carboxylic acids is 1. The minimum atomic E-state index is -2.06. The van der Waals surface area contributed by atoms with Gasteiger partial charge in [-0.3, -0.25) is 9.59 Å². The Morgan fingerprint density at radius 2 is 1.62 bits per heavy atom. The molecule has 0 aromatic carbocycles. The molecule has 1 fully saturated rings. The van der Waals surface area contributed by atoms with Crippen LogP contribution in [-0.4, -0.2) is 45.7 Å². The Morgan fingerprint density at radius 1 is 1.00 bits per heavy atom. The molecule has 1 rings (SSSR count). The number of rotatable bonds is 16. The van der Waals surface area contributed by atoms with Gasteiger partial charge in [0.2, 0.25) is 0 Å². The molecule has 0 bridgehead atoms. The van der Waals surface area contributed by atoms with Crippen molar-refractivity contribution >= 4 is 28.4 Å². The van der Waals surface area contributed by atoms with Gasteiger partial charge in [-0.15, -0.1) is 0 Å². The minimum Gasteiger partial charge on any atom is -0.481 e. The lowest BCUT2D eigenvalue weighted by Crippen LogP contribution is -2.45. The van der Waals surface area contributed by atoms with Gasteiger partial charge in [-0.05, 0) is 61.9 Å². The first-order chi connectivity index (χ1) is 17.8. The van der Waals surface area contributed by atoms with E-state index in [1.807, 2.05) is 6.08 Å². The Hall–Kier alpha value is -1.03. The standard InChI is InChI=1S/C32H60O5Si2/c1-12-13-16-19-25(36-38(8,9)31(2,3)4)22-23-27-26(20-17-14-15-18-21-30(34)35)28(33)24-29(27)37-39(10,11)32(5,6)7/h14,17,22-23,25-27,29H,12-13,15-16,18-21,24H2,1-11H3,(H,34,35)/t25?,26-,27-,29?/m1/s1. The largest absolute Gasteiger partial charge is 0.481 e. The van der Waals surface area contributed by atoms with Crippen LogP contribution in [0.4, 0.5) is 0 Å². The number of hydrogen-bond acceptors (Lipinski definition) is 4. The normalized spacial score (nSPS) is 22.3. The molecule has 0 saturated heterocycles. The number of hydrogen-bond donors (Lipinski definition) is 1. The molecule has 2 unspecified atom stereocenters. The highest BCUT2D eigenvalue weighted by molar-refractivity contribution is 6.74. The van der Waals surface area contributed by atoms with Gasteiger partial charge in [-0.1, -0.05) is 92.0 Å². The number of carbonyl (C=O) groups excluding carboxylic acids is 1. The van der Waals surface area contributed by atoms with Crippen LogP contribution in [0.2, 0.25) is 36.3 Å². The first kappa shape index (κ1) is 36.0. The van der Waals surface area contributed by atoms with Crippen LogP contribution in [0.5, 0.6) is 0 Å². The number of carboxylic acids is 1. The van der Waals surface area contributed by atoms with Crippen molar-refractivity contribution in [1.82, 2.24) is 0 Å². The van der Waals surface area contributed by atoms with Crippen LogP contribution in [0.15, 0.2) is 24.3 Å². The Balaban J connectivity index is 3.23. The SMILES string of the molecule is CCCCCC(C=C[C@H]1C(O[Si](C)(C)C(C)(C)C)CC(=O)[C@@H]1CC=CCCCC(=O)O)O[Si](C)(C)C(C)(C)C. The number of ketones is 1. The quantitative estimate of drug-likeness (QED) is 0.112. The van der Waals surface area contributed by atoms with Gasteiger partial charge >= 0.3 is 5.97 Å². The topological polar surface area (TPSA) is 72.8 Å². The van der Waals surface area contributed by atoms with E-state index in [9.17, 15) is 9.59 Å². The van der Waals surface area contributed by atoms with Crippen molar-refractivity contribution in [2.75, 3.05) is 0 Å². The Bertz CT molecular complexity index is 832. The average Bonchev–Trinajstić information content (AvgIpc) is 3.05. The summed E-state index contributed by atoms with van der Waals surface area (Å²) in [6, 6.07) is 0. The molecule has 0 radical (unpaired) electrons. The molecule has 0 spiro atoms. The van der Waals surface area contributed by atoms with E-state index in [-0.39, 0.29) is 46.3 Å². The fraction of sp³-hybridized carbons (Fsp3) is 0.812. The van der Waals surface area contributed by atoms with Crippen LogP contribution < -0.4 is 0 Å². The molecule has 5 nitrogen and oxygen atoms in total.